The second-order valence-electron chi connectivity index (χ2n) is 6.01. The largest absolute Gasteiger partial charge is 0.377 e. The molecule has 134 valence electrons. The first-order valence-electron chi connectivity index (χ1n) is 8.57. The van der Waals surface area contributed by atoms with Crippen molar-refractivity contribution in [3.05, 3.63) is 41.7 Å². The molecule has 8 nitrogen and oxygen atoms in total. The van der Waals surface area contributed by atoms with Gasteiger partial charge >= 0.3 is 0 Å². The lowest BCUT2D eigenvalue weighted by Gasteiger charge is -2.25. The summed E-state index contributed by atoms with van der Waals surface area (Å²) in [5.41, 5.74) is 1.07. The lowest BCUT2D eigenvalue weighted by molar-refractivity contribution is 0.177. The first-order chi connectivity index (χ1) is 12.3. The molecule has 0 radical (unpaired) electrons. The topological polar surface area (TPSA) is 89.2 Å². The van der Waals surface area contributed by atoms with E-state index < -0.39 is 0 Å². The molecule has 0 saturated heterocycles. The molecule has 2 aromatic rings. The highest BCUT2D eigenvalue weighted by molar-refractivity contribution is 5.79. The summed E-state index contributed by atoms with van der Waals surface area (Å²) in [7, 11) is 3.45. The number of aliphatic imine (C=N–C) groups is 1. The summed E-state index contributed by atoms with van der Waals surface area (Å²) >= 11 is 0. The second-order valence-corrected chi connectivity index (χ2v) is 6.01. The average Bonchev–Trinajstić information content (AvgIpc) is 3.03. The summed E-state index contributed by atoms with van der Waals surface area (Å²) in [6.07, 6.45) is 4.59. The number of pyridine rings is 1. The van der Waals surface area contributed by atoms with Crippen LogP contribution >= 0.6 is 0 Å². The van der Waals surface area contributed by atoms with E-state index in [-0.39, 0.29) is 6.04 Å². The minimum absolute atomic E-state index is 0.283. The van der Waals surface area contributed by atoms with Gasteiger partial charge in [0.25, 0.3) is 0 Å². The normalized spacial score (nSPS) is 17.2. The fourth-order valence-electron chi connectivity index (χ4n) is 2.91. The fourth-order valence-corrected chi connectivity index (χ4v) is 2.91. The Labute approximate surface area is 147 Å². The minimum Gasteiger partial charge on any atom is -0.377 e. The van der Waals surface area contributed by atoms with Gasteiger partial charge in [0.2, 0.25) is 0 Å². The Hall–Kier alpha value is -2.48. The molecule has 3 rings (SSSR count). The number of nitrogens with one attached hydrogen (secondary N) is 2. The van der Waals surface area contributed by atoms with Crippen LogP contribution in [0.2, 0.25) is 0 Å². The first-order valence-corrected chi connectivity index (χ1v) is 8.57. The molecule has 0 amide bonds. The van der Waals surface area contributed by atoms with Crippen molar-refractivity contribution < 1.29 is 4.74 Å². The lowest BCUT2D eigenvalue weighted by atomic mass is 10.1. The maximum Gasteiger partial charge on any atom is 0.191 e. The van der Waals surface area contributed by atoms with Crippen LogP contribution in [0.5, 0.6) is 0 Å². The number of hydrogen-bond donors (Lipinski definition) is 2. The van der Waals surface area contributed by atoms with E-state index in [1.807, 2.05) is 29.1 Å². The molecule has 0 aliphatic carbocycles. The highest BCUT2D eigenvalue weighted by Gasteiger charge is 2.22. The summed E-state index contributed by atoms with van der Waals surface area (Å²) in [5, 5.41) is 11.3. The van der Waals surface area contributed by atoms with Crippen molar-refractivity contribution in [2.45, 2.75) is 38.5 Å². The summed E-state index contributed by atoms with van der Waals surface area (Å²) < 4.78 is 7.08. The summed E-state index contributed by atoms with van der Waals surface area (Å²) in [4.78, 5) is 13.1. The highest BCUT2D eigenvalue weighted by atomic mass is 16.5. The highest BCUT2D eigenvalue weighted by Crippen LogP contribution is 2.13. The maximum absolute atomic E-state index is 5.11. The molecule has 0 saturated carbocycles. The van der Waals surface area contributed by atoms with Gasteiger partial charge in [-0.2, -0.15) is 5.10 Å². The number of aromatic nitrogens is 4. The SMILES string of the molecule is CN=C(NCCc1ccccn1)NC1CCc2nc(COC)nn2C1. The molecule has 0 fully saturated rings. The monoisotopic (exact) mass is 343 g/mol. The van der Waals surface area contributed by atoms with Crippen molar-refractivity contribution in [2.24, 2.45) is 4.99 Å². The van der Waals surface area contributed by atoms with Gasteiger partial charge in [0, 0.05) is 51.5 Å². The minimum atomic E-state index is 0.283. The predicted molar refractivity (Wildman–Crippen MR) is 95.3 cm³/mol. The zero-order chi connectivity index (χ0) is 17.5. The van der Waals surface area contributed by atoms with Gasteiger partial charge in [-0.25, -0.2) is 9.67 Å². The molecule has 0 bridgehead atoms. The third kappa shape index (κ3) is 4.76. The van der Waals surface area contributed by atoms with Crippen LogP contribution in [0.1, 0.15) is 23.8 Å². The summed E-state index contributed by atoms with van der Waals surface area (Å²) in [5.74, 6) is 2.58. The molecule has 8 heteroatoms. The Morgan fingerprint density at radius 1 is 1.44 bits per heavy atom. The fraction of sp³-hybridized carbons (Fsp3) is 0.529. The van der Waals surface area contributed by atoms with Gasteiger partial charge in [-0.1, -0.05) is 6.07 Å². The van der Waals surface area contributed by atoms with Crippen LogP contribution in [0.15, 0.2) is 29.4 Å². The molecule has 0 aromatic carbocycles. The maximum atomic E-state index is 5.11. The number of hydrogen-bond acceptors (Lipinski definition) is 5. The Morgan fingerprint density at radius 2 is 2.36 bits per heavy atom. The van der Waals surface area contributed by atoms with Crippen molar-refractivity contribution in [1.82, 2.24) is 30.4 Å². The van der Waals surface area contributed by atoms with Crippen molar-refractivity contribution in [2.75, 3.05) is 20.7 Å². The molecule has 2 N–H and O–H groups in total. The van der Waals surface area contributed by atoms with E-state index in [1.54, 1.807) is 14.2 Å². The number of fused-ring (bicyclic) bond motifs is 1. The van der Waals surface area contributed by atoms with E-state index in [0.29, 0.717) is 6.61 Å². The quantitative estimate of drug-likeness (QED) is 0.588. The number of guanidine groups is 1. The van der Waals surface area contributed by atoms with Crippen LogP contribution in [0.3, 0.4) is 0 Å². The molecule has 0 spiro atoms. The van der Waals surface area contributed by atoms with Crippen molar-refractivity contribution in [3.8, 4) is 0 Å². The number of aryl methyl sites for hydroxylation is 1. The second kappa shape index (κ2) is 8.57. The van der Waals surface area contributed by atoms with Gasteiger partial charge in [0.15, 0.2) is 11.8 Å². The molecule has 2 aromatic heterocycles. The van der Waals surface area contributed by atoms with Gasteiger partial charge in [0.05, 0.1) is 6.54 Å². The number of methoxy groups -OCH3 is 1. The van der Waals surface area contributed by atoms with Crippen LogP contribution in [0.4, 0.5) is 0 Å². The van der Waals surface area contributed by atoms with Gasteiger partial charge in [-0.05, 0) is 18.6 Å². The van der Waals surface area contributed by atoms with Gasteiger partial charge in [0.1, 0.15) is 12.4 Å². The van der Waals surface area contributed by atoms with Crippen LogP contribution in [-0.4, -0.2) is 52.5 Å². The van der Waals surface area contributed by atoms with Gasteiger partial charge < -0.3 is 15.4 Å². The molecular formula is C17H25N7O. The van der Waals surface area contributed by atoms with E-state index >= 15 is 0 Å². The number of rotatable bonds is 6. The standard InChI is InChI=1S/C17H25N7O/c1-18-17(20-10-8-13-5-3-4-9-19-13)21-14-6-7-16-22-15(12-25-2)23-24(16)11-14/h3-5,9,14H,6-8,10-12H2,1-2H3,(H2,18,20,21). The molecular weight excluding hydrogens is 318 g/mol. The zero-order valence-corrected chi connectivity index (χ0v) is 14.8. The Bertz CT molecular complexity index is 698. The zero-order valence-electron chi connectivity index (χ0n) is 14.8. The first kappa shape index (κ1) is 17.3. The van der Waals surface area contributed by atoms with Crippen LogP contribution in [0, 0.1) is 0 Å². The number of ether oxygens (including phenoxy) is 1. The molecule has 25 heavy (non-hydrogen) atoms. The van der Waals surface area contributed by atoms with Crippen molar-refractivity contribution in [3.63, 3.8) is 0 Å². The third-order valence-electron chi connectivity index (χ3n) is 4.14. The molecule has 1 aliphatic rings. The van der Waals surface area contributed by atoms with Crippen LogP contribution < -0.4 is 10.6 Å². The Balaban J connectivity index is 1.48. The summed E-state index contributed by atoms with van der Waals surface area (Å²) in [6, 6.07) is 6.25. The number of nitrogens with zero attached hydrogens (tertiary/aromatic N) is 5. The Morgan fingerprint density at radius 3 is 3.12 bits per heavy atom. The molecule has 1 atom stereocenters. The van der Waals surface area contributed by atoms with Crippen molar-refractivity contribution >= 4 is 5.96 Å². The smallest absolute Gasteiger partial charge is 0.191 e. The van der Waals surface area contributed by atoms with Gasteiger partial charge in [-0.15, -0.1) is 0 Å². The van der Waals surface area contributed by atoms with Crippen LogP contribution in [0.25, 0.3) is 0 Å². The van der Waals surface area contributed by atoms with E-state index in [2.05, 4.69) is 30.7 Å². The predicted octanol–water partition coefficient (Wildman–Crippen LogP) is 0.542. The summed E-state index contributed by atoms with van der Waals surface area (Å²) in [6.45, 7) is 2.03. The van der Waals surface area contributed by atoms with Gasteiger partial charge in [-0.3, -0.25) is 9.98 Å². The molecule has 1 aliphatic heterocycles. The molecule has 1 unspecified atom stereocenters. The van der Waals surface area contributed by atoms with Crippen molar-refractivity contribution in [1.29, 1.82) is 0 Å². The lowest BCUT2D eigenvalue weighted by Crippen LogP contribution is -2.47. The average molecular weight is 343 g/mol. The Kier molecular flexibility index (Phi) is 5.95. The van der Waals surface area contributed by atoms with E-state index in [0.717, 1.165) is 55.7 Å². The van der Waals surface area contributed by atoms with E-state index in [4.69, 9.17) is 4.74 Å². The van der Waals surface area contributed by atoms with E-state index in [1.165, 1.54) is 0 Å². The third-order valence-corrected chi connectivity index (χ3v) is 4.14. The van der Waals surface area contributed by atoms with Crippen LogP contribution in [-0.2, 0) is 30.7 Å². The molecule has 3 heterocycles. The van der Waals surface area contributed by atoms with E-state index in [9.17, 15) is 0 Å².